The number of nitrogens with two attached hydrogens (primary N) is 1. The number of aromatic nitrogens is 1. The Labute approximate surface area is 96.8 Å². The number of thiazole rings is 1. The molecule has 2 nitrogen and oxygen atoms in total. The molecule has 0 fully saturated rings. The van der Waals surface area contributed by atoms with E-state index in [1.165, 1.54) is 11.3 Å². The molecular formula is C7H3BrCl2N2S. The average Bonchev–Trinajstić information content (AvgIpc) is 2.44. The van der Waals surface area contributed by atoms with Crippen molar-refractivity contribution in [2.24, 2.45) is 0 Å². The lowest BCUT2D eigenvalue weighted by atomic mass is 10.3. The summed E-state index contributed by atoms with van der Waals surface area (Å²) in [7, 11) is 0. The molecule has 6 heteroatoms. The Bertz CT molecular complexity index is 483. The van der Waals surface area contributed by atoms with E-state index < -0.39 is 0 Å². The Hall–Kier alpha value is -0.0300. The minimum atomic E-state index is 0.469. The van der Waals surface area contributed by atoms with E-state index in [9.17, 15) is 0 Å². The van der Waals surface area contributed by atoms with E-state index in [0.717, 1.165) is 9.17 Å². The molecule has 2 aromatic rings. The molecular weight excluding hydrogens is 295 g/mol. The molecule has 0 spiro atoms. The minimum absolute atomic E-state index is 0.469. The first-order valence-corrected chi connectivity index (χ1v) is 5.65. The number of halogens is 3. The lowest BCUT2D eigenvalue weighted by Crippen LogP contribution is -1.80. The number of hydrogen-bond donors (Lipinski definition) is 1. The highest BCUT2D eigenvalue weighted by Gasteiger charge is 2.12. The van der Waals surface area contributed by atoms with Crippen molar-refractivity contribution in [2.75, 3.05) is 5.73 Å². The summed E-state index contributed by atoms with van der Waals surface area (Å²) in [5.41, 5.74) is 6.22. The summed E-state index contributed by atoms with van der Waals surface area (Å²) in [6.07, 6.45) is 0. The zero-order chi connectivity index (χ0) is 9.59. The van der Waals surface area contributed by atoms with Gasteiger partial charge in [0, 0.05) is 4.47 Å². The zero-order valence-corrected chi connectivity index (χ0v) is 10.1. The number of hydrogen-bond acceptors (Lipinski definition) is 3. The number of fused-ring (bicyclic) bond motifs is 1. The van der Waals surface area contributed by atoms with Gasteiger partial charge in [-0.2, -0.15) is 0 Å². The number of nitrogens with zero attached hydrogens (tertiary/aromatic N) is 1. The third kappa shape index (κ3) is 1.52. The van der Waals surface area contributed by atoms with Crippen molar-refractivity contribution >= 4 is 65.8 Å². The van der Waals surface area contributed by atoms with Crippen LogP contribution in [0.1, 0.15) is 0 Å². The molecule has 0 radical (unpaired) electrons. The summed E-state index contributed by atoms with van der Waals surface area (Å²) >= 11 is 16.6. The molecule has 0 aliphatic carbocycles. The maximum absolute atomic E-state index is 6.02. The molecule has 1 heterocycles. The Kier molecular flexibility index (Phi) is 2.40. The largest absolute Gasteiger partial charge is 0.375 e. The molecule has 0 saturated carbocycles. The first-order valence-electron chi connectivity index (χ1n) is 3.29. The predicted molar refractivity (Wildman–Crippen MR) is 61.8 cm³/mol. The number of benzene rings is 1. The van der Waals surface area contributed by atoms with Gasteiger partial charge < -0.3 is 5.73 Å². The molecule has 1 aromatic carbocycles. The van der Waals surface area contributed by atoms with Crippen LogP contribution in [-0.2, 0) is 0 Å². The first kappa shape index (κ1) is 9.52. The Morgan fingerprint density at radius 3 is 2.85 bits per heavy atom. The molecule has 0 atom stereocenters. The molecule has 1 aromatic heterocycles. The van der Waals surface area contributed by atoms with Crippen molar-refractivity contribution in [1.82, 2.24) is 4.98 Å². The smallest absolute Gasteiger partial charge is 0.181 e. The second-order valence-electron chi connectivity index (χ2n) is 2.38. The van der Waals surface area contributed by atoms with E-state index in [4.69, 9.17) is 28.9 Å². The summed E-state index contributed by atoms with van der Waals surface area (Å²) in [5.74, 6) is 0. The van der Waals surface area contributed by atoms with Crippen LogP contribution in [0, 0.1) is 0 Å². The van der Waals surface area contributed by atoms with Crippen LogP contribution < -0.4 is 5.73 Å². The van der Waals surface area contributed by atoms with Crippen LogP contribution in [0.2, 0.25) is 10.0 Å². The second kappa shape index (κ2) is 3.28. The summed E-state index contributed by atoms with van der Waals surface area (Å²) in [5, 5.41) is 1.63. The summed E-state index contributed by atoms with van der Waals surface area (Å²) in [4.78, 5) is 4.07. The van der Waals surface area contributed by atoms with Crippen LogP contribution in [0.25, 0.3) is 10.2 Å². The first-order chi connectivity index (χ1) is 6.09. The molecule has 68 valence electrons. The molecule has 0 unspecified atom stereocenters. The van der Waals surface area contributed by atoms with Gasteiger partial charge in [-0.05, 0) is 22.0 Å². The van der Waals surface area contributed by atoms with Gasteiger partial charge in [0.25, 0.3) is 0 Å². The van der Waals surface area contributed by atoms with Crippen LogP contribution in [-0.4, -0.2) is 4.98 Å². The Morgan fingerprint density at radius 2 is 2.15 bits per heavy atom. The van der Waals surface area contributed by atoms with Gasteiger partial charge in [-0.25, -0.2) is 4.98 Å². The third-order valence-corrected chi connectivity index (χ3v) is 4.08. The van der Waals surface area contributed by atoms with E-state index in [1.54, 1.807) is 6.07 Å². The van der Waals surface area contributed by atoms with Crippen molar-refractivity contribution in [3.05, 3.63) is 20.6 Å². The standard InChI is InChI=1S/C7H3BrCl2N2S/c8-2-1-3(9)5-6(4(2)10)13-7(11)12-5/h1H,(H2,11,12). The van der Waals surface area contributed by atoms with Crippen molar-refractivity contribution in [3.63, 3.8) is 0 Å². The SMILES string of the molecule is Nc1nc2c(Cl)cc(Br)c(Cl)c2s1. The van der Waals surface area contributed by atoms with Crippen LogP contribution in [0.4, 0.5) is 5.13 Å². The number of nitrogen functional groups attached to an aromatic ring is 1. The van der Waals surface area contributed by atoms with Crippen molar-refractivity contribution in [1.29, 1.82) is 0 Å². The summed E-state index contributed by atoms with van der Waals surface area (Å²) in [6, 6.07) is 1.71. The zero-order valence-electron chi connectivity index (χ0n) is 6.14. The fraction of sp³-hybridized carbons (Fsp3) is 0. The van der Waals surface area contributed by atoms with Crippen LogP contribution in [0.15, 0.2) is 10.5 Å². The monoisotopic (exact) mass is 296 g/mol. The fourth-order valence-electron chi connectivity index (χ4n) is 0.999. The average molecular weight is 298 g/mol. The van der Waals surface area contributed by atoms with Gasteiger partial charge in [-0.3, -0.25) is 0 Å². The van der Waals surface area contributed by atoms with Gasteiger partial charge in [0.2, 0.25) is 0 Å². The molecule has 0 bridgehead atoms. The van der Waals surface area contributed by atoms with Crippen LogP contribution in [0.3, 0.4) is 0 Å². The molecule has 0 aliphatic heterocycles. The van der Waals surface area contributed by atoms with E-state index in [1.807, 2.05) is 0 Å². The van der Waals surface area contributed by atoms with Gasteiger partial charge in [-0.1, -0.05) is 34.5 Å². The minimum Gasteiger partial charge on any atom is -0.375 e. The highest BCUT2D eigenvalue weighted by Crippen LogP contribution is 2.39. The van der Waals surface area contributed by atoms with Crippen molar-refractivity contribution in [3.8, 4) is 0 Å². The lowest BCUT2D eigenvalue weighted by molar-refractivity contribution is 1.49. The summed E-state index contributed by atoms with van der Waals surface area (Å²) in [6.45, 7) is 0. The van der Waals surface area contributed by atoms with Crippen LogP contribution >= 0.6 is 50.5 Å². The van der Waals surface area contributed by atoms with Gasteiger partial charge in [0.05, 0.1) is 14.7 Å². The predicted octanol–water partition coefficient (Wildman–Crippen LogP) is 3.95. The van der Waals surface area contributed by atoms with E-state index in [2.05, 4.69) is 20.9 Å². The lowest BCUT2D eigenvalue weighted by Gasteiger charge is -1.97. The maximum atomic E-state index is 6.02. The highest BCUT2D eigenvalue weighted by atomic mass is 79.9. The fourth-order valence-corrected chi connectivity index (χ4v) is 3.05. The quantitative estimate of drug-likeness (QED) is 0.748. The maximum Gasteiger partial charge on any atom is 0.181 e. The van der Waals surface area contributed by atoms with Crippen LogP contribution in [0.5, 0.6) is 0 Å². The topological polar surface area (TPSA) is 38.9 Å². The number of anilines is 1. The van der Waals surface area contributed by atoms with Gasteiger partial charge in [0.15, 0.2) is 5.13 Å². The second-order valence-corrected chi connectivity index (χ2v) is 5.05. The van der Waals surface area contributed by atoms with E-state index in [-0.39, 0.29) is 0 Å². The van der Waals surface area contributed by atoms with E-state index >= 15 is 0 Å². The molecule has 0 saturated heterocycles. The third-order valence-electron chi connectivity index (χ3n) is 1.53. The molecule has 2 N–H and O–H groups in total. The van der Waals surface area contributed by atoms with Crippen molar-refractivity contribution < 1.29 is 0 Å². The Balaban J connectivity index is 2.95. The van der Waals surface area contributed by atoms with Gasteiger partial charge in [0.1, 0.15) is 5.52 Å². The molecule has 0 amide bonds. The molecule has 13 heavy (non-hydrogen) atoms. The summed E-state index contributed by atoms with van der Waals surface area (Å²) < 4.78 is 1.58. The Morgan fingerprint density at radius 1 is 1.46 bits per heavy atom. The normalized spacial score (nSPS) is 11.0. The van der Waals surface area contributed by atoms with Crippen molar-refractivity contribution in [2.45, 2.75) is 0 Å². The molecule has 0 aliphatic rings. The number of rotatable bonds is 0. The van der Waals surface area contributed by atoms with Gasteiger partial charge in [-0.15, -0.1) is 0 Å². The highest BCUT2D eigenvalue weighted by molar-refractivity contribution is 9.10. The van der Waals surface area contributed by atoms with E-state index in [0.29, 0.717) is 20.7 Å². The molecule has 2 rings (SSSR count). The van der Waals surface area contributed by atoms with Gasteiger partial charge >= 0.3 is 0 Å².